The lowest BCUT2D eigenvalue weighted by Gasteiger charge is -2.07. The van der Waals surface area contributed by atoms with Crippen LogP contribution in [-0.2, 0) is 0 Å². The van der Waals surface area contributed by atoms with Crippen LogP contribution in [0.4, 0.5) is 5.69 Å². The minimum Gasteiger partial charge on any atom is -0.331 e. The first-order valence-electron chi connectivity index (χ1n) is 6.63. The summed E-state index contributed by atoms with van der Waals surface area (Å²) in [5, 5.41) is 11.4. The molecule has 0 bridgehead atoms. The van der Waals surface area contributed by atoms with Crippen LogP contribution in [0.5, 0.6) is 0 Å². The number of hydrogen-bond acceptors (Lipinski definition) is 5. The van der Waals surface area contributed by atoms with E-state index in [2.05, 4.69) is 20.9 Å². The molecule has 0 radical (unpaired) electrons. The van der Waals surface area contributed by atoms with Crippen molar-refractivity contribution in [1.82, 2.24) is 9.55 Å². The van der Waals surface area contributed by atoms with E-state index in [0.717, 1.165) is 4.57 Å². The topological polar surface area (TPSA) is 98.0 Å². The van der Waals surface area contributed by atoms with Crippen molar-refractivity contribution in [2.24, 2.45) is 0 Å². The fraction of sp³-hybridized carbons (Fsp3) is 0. The summed E-state index contributed by atoms with van der Waals surface area (Å²) in [5.41, 5.74) is -0.769. The van der Waals surface area contributed by atoms with Crippen molar-refractivity contribution in [2.75, 3.05) is 0 Å². The van der Waals surface area contributed by atoms with Gasteiger partial charge in [0.1, 0.15) is 5.56 Å². The van der Waals surface area contributed by atoms with E-state index in [1.165, 1.54) is 24.3 Å². The smallest absolute Gasteiger partial charge is 0.282 e. The first-order chi connectivity index (χ1) is 11.4. The van der Waals surface area contributed by atoms with Gasteiger partial charge in [-0.3, -0.25) is 19.7 Å². The highest BCUT2D eigenvalue weighted by Crippen LogP contribution is 2.20. The average molecular weight is 406 g/mol. The highest BCUT2D eigenvalue weighted by atomic mass is 79.9. The number of carbonyl (C=O) groups is 1. The predicted molar refractivity (Wildman–Crippen MR) is 93.9 cm³/mol. The van der Waals surface area contributed by atoms with Gasteiger partial charge in [-0.25, -0.2) is 4.57 Å². The first kappa shape index (κ1) is 16.2. The molecule has 0 atom stereocenters. The summed E-state index contributed by atoms with van der Waals surface area (Å²) in [6.07, 6.45) is 0. The van der Waals surface area contributed by atoms with Gasteiger partial charge in [0.05, 0.1) is 15.8 Å². The minimum atomic E-state index is -0.851. The number of nitrogens with one attached hydrogen (secondary N) is 1. The number of para-hydroxylation sites is 1. The van der Waals surface area contributed by atoms with Gasteiger partial charge in [0.2, 0.25) is 0 Å². The lowest BCUT2D eigenvalue weighted by molar-refractivity contribution is -0.385. The fourth-order valence-corrected chi connectivity index (χ4v) is 2.94. The van der Waals surface area contributed by atoms with E-state index in [0.29, 0.717) is 9.99 Å². The molecule has 1 heterocycles. The molecule has 0 amide bonds. The quantitative estimate of drug-likeness (QED) is 0.400. The molecule has 0 saturated heterocycles. The van der Waals surface area contributed by atoms with E-state index in [9.17, 15) is 19.7 Å². The number of nitro groups is 1. The van der Waals surface area contributed by atoms with E-state index in [-0.39, 0.29) is 15.7 Å². The Kier molecular flexibility index (Phi) is 4.12. The van der Waals surface area contributed by atoms with Gasteiger partial charge in [0.15, 0.2) is 4.77 Å². The molecule has 24 heavy (non-hydrogen) atoms. The van der Waals surface area contributed by atoms with Gasteiger partial charge in [-0.15, -0.1) is 0 Å². The molecule has 0 aliphatic carbocycles. The van der Waals surface area contributed by atoms with Gasteiger partial charge in [-0.2, -0.15) is 0 Å². The Bertz CT molecular complexity index is 1120. The summed E-state index contributed by atoms with van der Waals surface area (Å²) in [6.45, 7) is 0. The van der Waals surface area contributed by atoms with E-state index in [1.54, 1.807) is 18.2 Å². The lowest BCUT2D eigenvalue weighted by atomic mass is 10.1. The Morgan fingerprint density at radius 2 is 1.96 bits per heavy atom. The van der Waals surface area contributed by atoms with Gasteiger partial charge in [-0.1, -0.05) is 28.1 Å². The fourth-order valence-electron chi connectivity index (χ4n) is 2.30. The van der Waals surface area contributed by atoms with E-state index < -0.39 is 22.1 Å². The average Bonchev–Trinajstić information content (AvgIpc) is 2.55. The van der Waals surface area contributed by atoms with Crippen LogP contribution in [0.1, 0.15) is 10.4 Å². The number of H-pyrrole nitrogens is 1. The predicted octanol–water partition coefficient (Wildman–Crippen LogP) is 3.42. The maximum absolute atomic E-state index is 12.7. The maximum Gasteiger partial charge on any atom is 0.282 e. The third kappa shape index (κ3) is 2.68. The van der Waals surface area contributed by atoms with Crippen LogP contribution in [0.15, 0.2) is 51.7 Å². The van der Waals surface area contributed by atoms with Gasteiger partial charge in [0.25, 0.3) is 17.2 Å². The number of nitro benzene ring substituents is 1. The van der Waals surface area contributed by atoms with Crippen molar-refractivity contribution in [3.8, 4) is 0 Å². The normalized spacial score (nSPS) is 10.7. The number of benzene rings is 2. The second-order valence-corrected chi connectivity index (χ2v) is 6.14. The third-order valence-corrected chi connectivity index (χ3v) is 4.17. The lowest BCUT2D eigenvalue weighted by Crippen LogP contribution is -2.29. The number of carbonyl (C=O) groups excluding carboxylic acids is 1. The Morgan fingerprint density at radius 1 is 1.25 bits per heavy atom. The molecule has 1 N–H and O–H groups in total. The molecule has 9 heteroatoms. The highest BCUT2D eigenvalue weighted by Gasteiger charge is 2.23. The van der Waals surface area contributed by atoms with E-state index >= 15 is 0 Å². The molecule has 0 unspecified atom stereocenters. The molecule has 3 aromatic rings. The van der Waals surface area contributed by atoms with E-state index in [4.69, 9.17) is 12.2 Å². The van der Waals surface area contributed by atoms with Crippen molar-refractivity contribution in [3.05, 3.63) is 77.7 Å². The number of halogens is 1. The molecule has 0 saturated carbocycles. The highest BCUT2D eigenvalue weighted by molar-refractivity contribution is 9.10. The standard InChI is InChI=1S/C15H8BrN3O4S/c16-8-5-6-11-10(7-8)14(21)18(15(24)17-11)13(20)9-3-1-2-4-12(9)19(22)23/h1-7H,(H,17,24). The van der Waals surface area contributed by atoms with Crippen LogP contribution >= 0.6 is 28.1 Å². The van der Waals surface area contributed by atoms with Crippen LogP contribution in [0.3, 0.4) is 0 Å². The molecule has 0 aliphatic heterocycles. The second kappa shape index (κ2) is 6.10. The van der Waals surface area contributed by atoms with Crippen molar-refractivity contribution in [3.63, 3.8) is 0 Å². The van der Waals surface area contributed by atoms with Gasteiger partial charge >= 0.3 is 0 Å². The Labute approximate surface area is 147 Å². The van der Waals surface area contributed by atoms with E-state index in [1.807, 2.05) is 0 Å². The molecule has 1 aromatic heterocycles. The summed E-state index contributed by atoms with van der Waals surface area (Å²) in [7, 11) is 0. The summed E-state index contributed by atoms with van der Waals surface area (Å²) in [6, 6.07) is 10.3. The molecule has 3 rings (SSSR count). The second-order valence-electron chi connectivity index (χ2n) is 4.84. The molecule has 120 valence electrons. The summed E-state index contributed by atoms with van der Waals surface area (Å²) >= 11 is 8.35. The number of rotatable bonds is 2. The van der Waals surface area contributed by atoms with Gasteiger partial charge in [-0.05, 0) is 36.5 Å². The maximum atomic E-state index is 12.7. The zero-order chi connectivity index (χ0) is 17.4. The third-order valence-electron chi connectivity index (χ3n) is 3.39. The summed E-state index contributed by atoms with van der Waals surface area (Å²) in [4.78, 5) is 38.6. The summed E-state index contributed by atoms with van der Waals surface area (Å²) < 4.78 is 1.26. The molecule has 0 aliphatic rings. The largest absolute Gasteiger partial charge is 0.331 e. The zero-order valence-corrected chi connectivity index (χ0v) is 14.3. The van der Waals surface area contributed by atoms with Crippen molar-refractivity contribution in [2.45, 2.75) is 0 Å². The Hall–Kier alpha value is -2.65. The monoisotopic (exact) mass is 405 g/mol. The van der Waals surface area contributed by atoms with Crippen LogP contribution in [-0.4, -0.2) is 20.4 Å². The first-order valence-corrected chi connectivity index (χ1v) is 7.83. The number of aromatic amines is 1. The molecule has 0 fully saturated rings. The number of nitrogens with zero attached hydrogens (tertiary/aromatic N) is 2. The van der Waals surface area contributed by atoms with Gasteiger partial charge < -0.3 is 4.98 Å². The van der Waals surface area contributed by atoms with Crippen molar-refractivity contribution < 1.29 is 9.72 Å². The molecular formula is C15H8BrN3O4S. The van der Waals surface area contributed by atoms with Crippen LogP contribution in [0.25, 0.3) is 10.9 Å². The minimum absolute atomic E-state index is 0.127. The van der Waals surface area contributed by atoms with Crippen molar-refractivity contribution >= 4 is 50.6 Å². The van der Waals surface area contributed by atoms with Crippen LogP contribution in [0.2, 0.25) is 0 Å². The van der Waals surface area contributed by atoms with Gasteiger partial charge in [0, 0.05) is 10.5 Å². The number of aromatic nitrogens is 2. The zero-order valence-electron chi connectivity index (χ0n) is 11.9. The molecular weight excluding hydrogens is 398 g/mol. The summed E-state index contributed by atoms with van der Waals surface area (Å²) in [5.74, 6) is -0.851. The SMILES string of the molecule is O=C(c1ccccc1[N+](=O)[O-])n1c(=S)[nH]c2ccc(Br)cc2c1=O. The molecule has 2 aromatic carbocycles. The van der Waals surface area contributed by atoms with Crippen molar-refractivity contribution in [1.29, 1.82) is 0 Å². The Balaban J connectivity index is 2.31. The Morgan fingerprint density at radius 3 is 2.67 bits per heavy atom. The molecule has 0 spiro atoms. The number of hydrogen-bond donors (Lipinski definition) is 1. The van der Waals surface area contributed by atoms with Crippen LogP contribution < -0.4 is 5.56 Å². The molecule has 7 nitrogen and oxygen atoms in total. The number of fused-ring (bicyclic) bond motifs is 1. The van der Waals surface area contributed by atoms with Crippen LogP contribution in [0, 0.1) is 14.9 Å².